The maximum atomic E-state index is 10.8. The average Bonchev–Trinajstić information content (AvgIpc) is 2.90. The molecule has 0 amide bonds. The van der Waals surface area contributed by atoms with Crippen molar-refractivity contribution in [2.24, 2.45) is 5.10 Å². The molecule has 1 aliphatic rings. The quantitative estimate of drug-likeness (QED) is 0.234. The van der Waals surface area contributed by atoms with Crippen molar-refractivity contribution in [1.29, 1.82) is 0 Å². The molecule has 4 aromatic rings. The molecule has 0 spiro atoms. The molecule has 35 heavy (non-hydrogen) atoms. The fraction of sp³-hybridized carbons (Fsp3) is 0.167. The van der Waals surface area contributed by atoms with Gasteiger partial charge in [-0.3, -0.25) is 10.1 Å². The summed E-state index contributed by atoms with van der Waals surface area (Å²) in [6.45, 7) is 2.53. The number of rotatable bonds is 7. The van der Waals surface area contributed by atoms with Crippen LogP contribution in [0.5, 0.6) is 0 Å². The van der Waals surface area contributed by atoms with Gasteiger partial charge in [0.15, 0.2) is 0 Å². The molecule has 1 saturated heterocycles. The SMILES string of the molecule is O=[N+]([O-])c1ccc(/C=N\Nc2nc(Nc3cccc4ccccc34)nc(N3CCOCC3)n2)cc1. The van der Waals surface area contributed by atoms with Crippen molar-refractivity contribution in [3.05, 3.63) is 82.4 Å². The van der Waals surface area contributed by atoms with Crippen LogP contribution in [0.3, 0.4) is 0 Å². The van der Waals surface area contributed by atoms with Crippen LogP contribution >= 0.6 is 0 Å². The molecule has 0 radical (unpaired) electrons. The van der Waals surface area contributed by atoms with Gasteiger partial charge in [-0.1, -0.05) is 36.4 Å². The molecule has 0 unspecified atom stereocenters. The fourth-order valence-electron chi connectivity index (χ4n) is 3.68. The third-order valence-corrected chi connectivity index (χ3v) is 5.44. The Bertz CT molecular complexity index is 1370. The molecule has 3 aromatic carbocycles. The summed E-state index contributed by atoms with van der Waals surface area (Å²) in [5.41, 5.74) is 4.44. The van der Waals surface area contributed by atoms with E-state index >= 15 is 0 Å². The molecule has 176 valence electrons. The van der Waals surface area contributed by atoms with Crippen LogP contribution in [0.4, 0.5) is 29.2 Å². The number of hydrogen-bond acceptors (Lipinski definition) is 10. The van der Waals surface area contributed by atoms with Crippen LogP contribution in [0.1, 0.15) is 5.56 Å². The highest BCUT2D eigenvalue weighted by molar-refractivity contribution is 5.95. The molecule has 0 aliphatic carbocycles. The number of benzene rings is 3. The molecular formula is C24H22N8O3. The first-order valence-electron chi connectivity index (χ1n) is 11.0. The Labute approximate surface area is 200 Å². The zero-order valence-corrected chi connectivity index (χ0v) is 18.7. The standard InChI is InChI=1S/C24H22N8O3/c33-32(34)19-10-8-17(9-11-19)16-25-30-23-27-22(28-24(29-23)31-12-14-35-15-13-31)26-21-7-3-5-18-4-1-2-6-20(18)21/h1-11,16H,12-15H2,(H2,26,27,28,29,30)/b25-16-. The third kappa shape index (κ3) is 5.31. The molecule has 1 aromatic heterocycles. The molecule has 0 atom stereocenters. The van der Waals surface area contributed by atoms with E-state index in [1.165, 1.54) is 12.1 Å². The van der Waals surface area contributed by atoms with Crippen LogP contribution in [0.2, 0.25) is 0 Å². The van der Waals surface area contributed by atoms with E-state index in [0.717, 1.165) is 16.5 Å². The number of nitro groups is 1. The second-order valence-electron chi connectivity index (χ2n) is 7.75. The Morgan fingerprint density at radius 3 is 2.49 bits per heavy atom. The number of ether oxygens (including phenoxy) is 1. The van der Waals surface area contributed by atoms with E-state index in [2.05, 4.69) is 30.8 Å². The minimum atomic E-state index is -0.443. The minimum absolute atomic E-state index is 0.0203. The number of morpholine rings is 1. The van der Waals surface area contributed by atoms with E-state index < -0.39 is 4.92 Å². The first kappa shape index (κ1) is 22.2. The summed E-state index contributed by atoms with van der Waals surface area (Å²) in [4.78, 5) is 26.1. The summed E-state index contributed by atoms with van der Waals surface area (Å²) >= 11 is 0. The molecule has 5 rings (SSSR count). The van der Waals surface area contributed by atoms with E-state index in [1.807, 2.05) is 47.4 Å². The van der Waals surface area contributed by atoms with Crippen LogP contribution in [0, 0.1) is 10.1 Å². The molecule has 11 nitrogen and oxygen atoms in total. The first-order chi connectivity index (χ1) is 17.2. The topological polar surface area (TPSA) is 131 Å². The van der Waals surface area contributed by atoms with Gasteiger partial charge in [-0.2, -0.15) is 20.1 Å². The number of non-ortho nitro benzene ring substituents is 1. The predicted octanol–water partition coefficient (Wildman–Crippen LogP) is 3.96. The van der Waals surface area contributed by atoms with Gasteiger partial charge < -0.3 is 15.0 Å². The van der Waals surface area contributed by atoms with Gasteiger partial charge in [-0.15, -0.1) is 0 Å². The summed E-state index contributed by atoms with van der Waals surface area (Å²) in [7, 11) is 0. The summed E-state index contributed by atoms with van der Waals surface area (Å²) < 4.78 is 5.45. The lowest BCUT2D eigenvalue weighted by Crippen LogP contribution is -2.37. The molecule has 1 aliphatic heterocycles. The zero-order valence-electron chi connectivity index (χ0n) is 18.7. The highest BCUT2D eigenvalue weighted by Crippen LogP contribution is 2.26. The average molecular weight is 470 g/mol. The van der Waals surface area contributed by atoms with Crippen molar-refractivity contribution >= 4 is 46.2 Å². The van der Waals surface area contributed by atoms with Crippen molar-refractivity contribution in [3.8, 4) is 0 Å². The molecule has 11 heteroatoms. The molecular weight excluding hydrogens is 448 g/mol. The highest BCUT2D eigenvalue weighted by atomic mass is 16.6. The van der Waals surface area contributed by atoms with Gasteiger partial charge in [0, 0.05) is 36.3 Å². The van der Waals surface area contributed by atoms with Gasteiger partial charge >= 0.3 is 0 Å². The minimum Gasteiger partial charge on any atom is -0.378 e. The van der Waals surface area contributed by atoms with Gasteiger partial charge in [-0.25, -0.2) is 5.43 Å². The van der Waals surface area contributed by atoms with Gasteiger partial charge in [0.25, 0.3) is 5.69 Å². The second-order valence-corrected chi connectivity index (χ2v) is 7.75. The fourth-order valence-corrected chi connectivity index (χ4v) is 3.68. The van der Waals surface area contributed by atoms with Crippen LogP contribution in [0.25, 0.3) is 10.8 Å². The number of anilines is 4. The van der Waals surface area contributed by atoms with E-state index in [9.17, 15) is 10.1 Å². The Balaban J connectivity index is 1.41. The maximum absolute atomic E-state index is 10.8. The molecule has 2 N–H and O–H groups in total. The second kappa shape index (κ2) is 10.1. The summed E-state index contributed by atoms with van der Waals surface area (Å²) in [6, 6.07) is 20.1. The van der Waals surface area contributed by atoms with Crippen LogP contribution in [0.15, 0.2) is 71.8 Å². The third-order valence-electron chi connectivity index (χ3n) is 5.44. The van der Waals surface area contributed by atoms with Crippen molar-refractivity contribution in [2.75, 3.05) is 41.9 Å². The Morgan fingerprint density at radius 1 is 0.943 bits per heavy atom. The normalized spacial score (nSPS) is 13.8. The van der Waals surface area contributed by atoms with Crippen molar-refractivity contribution < 1.29 is 9.66 Å². The monoisotopic (exact) mass is 470 g/mol. The highest BCUT2D eigenvalue weighted by Gasteiger charge is 2.17. The maximum Gasteiger partial charge on any atom is 0.269 e. The predicted molar refractivity (Wildman–Crippen MR) is 134 cm³/mol. The van der Waals surface area contributed by atoms with Crippen molar-refractivity contribution in [1.82, 2.24) is 15.0 Å². The number of hydrogen-bond donors (Lipinski definition) is 2. The van der Waals surface area contributed by atoms with E-state index in [1.54, 1.807) is 18.3 Å². The first-order valence-corrected chi connectivity index (χ1v) is 11.0. The lowest BCUT2D eigenvalue weighted by atomic mass is 10.1. The number of hydrazone groups is 1. The Kier molecular flexibility index (Phi) is 6.39. The van der Waals surface area contributed by atoms with Crippen LogP contribution in [-0.4, -0.2) is 52.4 Å². The molecule has 1 fully saturated rings. The summed E-state index contributed by atoms with van der Waals surface area (Å²) in [6.07, 6.45) is 1.54. The van der Waals surface area contributed by atoms with Crippen molar-refractivity contribution in [3.63, 3.8) is 0 Å². The zero-order chi connectivity index (χ0) is 24.0. The van der Waals surface area contributed by atoms with E-state index in [4.69, 9.17) is 4.74 Å². The summed E-state index contributed by atoms with van der Waals surface area (Å²) in [5.74, 6) is 1.16. The number of fused-ring (bicyclic) bond motifs is 1. The van der Waals surface area contributed by atoms with E-state index in [-0.39, 0.29) is 11.6 Å². The lowest BCUT2D eigenvalue weighted by molar-refractivity contribution is -0.384. The number of nitrogens with zero attached hydrogens (tertiary/aromatic N) is 6. The Hall–Kier alpha value is -4.64. The van der Waals surface area contributed by atoms with Crippen LogP contribution < -0.4 is 15.6 Å². The van der Waals surface area contributed by atoms with Gasteiger partial charge in [0.05, 0.1) is 24.4 Å². The molecule has 0 saturated carbocycles. The lowest BCUT2D eigenvalue weighted by Gasteiger charge is -2.27. The van der Waals surface area contributed by atoms with Gasteiger partial charge in [0.2, 0.25) is 17.8 Å². The summed E-state index contributed by atoms with van der Waals surface area (Å²) in [5, 5.41) is 20.5. The smallest absolute Gasteiger partial charge is 0.269 e. The van der Waals surface area contributed by atoms with E-state index in [0.29, 0.717) is 43.8 Å². The van der Waals surface area contributed by atoms with Gasteiger partial charge in [0.1, 0.15) is 0 Å². The van der Waals surface area contributed by atoms with Crippen LogP contribution in [-0.2, 0) is 4.74 Å². The Morgan fingerprint density at radius 2 is 1.69 bits per heavy atom. The number of nitro benzene ring substituents is 1. The molecule has 0 bridgehead atoms. The molecule has 2 heterocycles. The number of aromatic nitrogens is 3. The van der Waals surface area contributed by atoms with Crippen molar-refractivity contribution in [2.45, 2.75) is 0 Å². The largest absolute Gasteiger partial charge is 0.378 e. The number of nitrogens with one attached hydrogen (secondary N) is 2. The van der Waals surface area contributed by atoms with Gasteiger partial charge in [-0.05, 0) is 29.1 Å².